The number of morpholine rings is 1. The number of amides is 1. The van der Waals surface area contributed by atoms with Crippen molar-refractivity contribution in [1.82, 2.24) is 14.7 Å². The Balaban J connectivity index is 1.60. The second kappa shape index (κ2) is 7.00. The molecule has 1 aromatic heterocycles. The topological polar surface area (TPSA) is 56.6 Å². The summed E-state index contributed by atoms with van der Waals surface area (Å²) >= 11 is 0. The zero-order chi connectivity index (χ0) is 17.1. The number of hydrogen-bond donors (Lipinski definition) is 0. The molecule has 0 aliphatic carbocycles. The first-order chi connectivity index (χ1) is 11.5. The van der Waals surface area contributed by atoms with E-state index >= 15 is 0 Å². The number of nitrogens with zero attached hydrogens (tertiary/aromatic N) is 3. The first-order valence-electron chi connectivity index (χ1n) is 7.88. The summed E-state index contributed by atoms with van der Waals surface area (Å²) in [6, 6.07) is 7.41. The number of halogens is 1. The fourth-order valence-electron chi connectivity index (χ4n) is 2.72. The molecule has 1 aliphatic heterocycles. The maximum atomic E-state index is 12.8. The number of benzene rings is 1. The Morgan fingerprint density at radius 1 is 1.25 bits per heavy atom. The maximum absolute atomic E-state index is 12.8. The van der Waals surface area contributed by atoms with Crippen LogP contribution >= 0.6 is 0 Å². The van der Waals surface area contributed by atoms with Gasteiger partial charge in [0.25, 0.3) is 5.91 Å². The largest absolute Gasteiger partial charge is 0.471 e. The first kappa shape index (κ1) is 16.4. The van der Waals surface area contributed by atoms with Crippen LogP contribution in [0.2, 0.25) is 0 Å². The zero-order valence-corrected chi connectivity index (χ0v) is 13.7. The van der Waals surface area contributed by atoms with Gasteiger partial charge in [-0.1, -0.05) is 0 Å². The fraction of sp³-hybridized carbons (Fsp3) is 0.412. The van der Waals surface area contributed by atoms with E-state index in [1.165, 1.54) is 16.8 Å². The van der Waals surface area contributed by atoms with Gasteiger partial charge in [0.05, 0.1) is 12.2 Å². The predicted molar refractivity (Wildman–Crippen MR) is 85.2 cm³/mol. The van der Waals surface area contributed by atoms with Crippen LogP contribution in [0.25, 0.3) is 0 Å². The third-order valence-corrected chi connectivity index (χ3v) is 3.74. The lowest BCUT2D eigenvalue weighted by Gasteiger charge is -2.34. The molecule has 0 spiro atoms. The Morgan fingerprint density at radius 2 is 1.92 bits per heavy atom. The second-order valence-corrected chi connectivity index (χ2v) is 5.94. The van der Waals surface area contributed by atoms with E-state index < -0.39 is 0 Å². The summed E-state index contributed by atoms with van der Waals surface area (Å²) < 4.78 is 25.5. The molecule has 0 saturated carbocycles. The quantitative estimate of drug-likeness (QED) is 0.861. The number of carbonyl (C=O) groups is 1. The van der Waals surface area contributed by atoms with Gasteiger partial charge < -0.3 is 14.4 Å². The minimum Gasteiger partial charge on any atom is -0.471 e. The van der Waals surface area contributed by atoms with Crippen molar-refractivity contribution in [3.05, 3.63) is 48.0 Å². The van der Waals surface area contributed by atoms with Gasteiger partial charge in [-0.15, -0.1) is 0 Å². The Kier molecular flexibility index (Phi) is 4.80. The molecule has 1 fully saturated rings. The van der Waals surface area contributed by atoms with Gasteiger partial charge in [0.2, 0.25) is 0 Å². The van der Waals surface area contributed by atoms with E-state index in [1.807, 2.05) is 13.8 Å². The molecule has 3 rings (SSSR count). The van der Waals surface area contributed by atoms with E-state index in [0.717, 1.165) is 0 Å². The fourth-order valence-corrected chi connectivity index (χ4v) is 2.72. The Hall–Kier alpha value is -2.41. The summed E-state index contributed by atoms with van der Waals surface area (Å²) in [4.78, 5) is 14.3. The minimum atomic E-state index is -0.316. The van der Waals surface area contributed by atoms with Crippen molar-refractivity contribution < 1.29 is 18.7 Å². The molecule has 0 radical (unpaired) electrons. The van der Waals surface area contributed by atoms with Gasteiger partial charge in [-0.2, -0.15) is 5.10 Å². The maximum Gasteiger partial charge on any atom is 0.274 e. The summed E-state index contributed by atoms with van der Waals surface area (Å²) in [5.74, 6) is 0.108. The highest BCUT2D eigenvalue weighted by atomic mass is 19.1. The molecule has 7 heteroatoms. The summed E-state index contributed by atoms with van der Waals surface area (Å²) in [7, 11) is 0. The lowest BCUT2D eigenvalue weighted by molar-refractivity contribution is -0.0587. The third kappa shape index (κ3) is 3.91. The molecule has 2 aromatic rings. The van der Waals surface area contributed by atoms with Crippen molar-refractivity contribution in [3.63, 3.8) is 0 Å². The highest BCUT2D eigenvalue weighted by Crippen LogP contribution is 2.14. The molecule has 2 heterocycles. The second-order valence-electron chi connectivity index (χ2n) is 5.94. The molecule has 1 saturated heterocycles. The number of carbonyl (C=O) groups excluding carboxylic acids is 1. The first-order valence-corrected chi connectivity index (χ1v) is 7.88. The smallest absolute Gasteiger partial charge is 0.274 e. The number of hydrogen-bond acceptors (Lipinski definition) is 4. The Bertz CT molecular complexity index is 691. The summed E-state index contributed by atoms with van der Waals surface area (Å²) in [6.45, 7) is 5.16. The normalized spacial score (nSPS) is 20.9. The van der Waals surface area contributed by atoms with E-state index in [4.69, 9.17) is 9.47 Å². The highest BCUT2D eigenvalue weighted by molar-refractivity contribution is 5.92. The van der Waals surface area contributed by atoms with Gasteiger partial charge in [0.15, 0.2) is 12.4 Å². The molecule has 0 N–H and O–H groups in total. The summed E-state index contributed by atoms with van der Waals surface area (Å²) in [5.41, 5.74) is 0.374. The third-order valence-electron chi connectivity index (χ3n) is 3.74. The molecular formula is C17H20FN3O3. The van der Waals surface area contributed by atoms with Crippen molar-refractivity contribution in [2.45, 2.75) is 32.8 Å². The number of ether oxygens (including phenoxy) is 2. The molecule has 24 heavy (non-hydrogen) atoms. The Labute approximate surface area is 139 Å². The van der Waals surface area contributed by atoms with Crippen LogP contribution in [0.1, 0.15) is 24.3 Å². The van der Waals surface area contributed by atoms with Crippen molar-refractivity contribution >= 4 is 5.91 Å². The van der Waals surface area contributed by atoms with E-state index in [2.05, 4.69) is 5.10 Å². The SMILES string of the molecule is C[C@@H]1CN(C(=O)c2ccn(COc3ccc(F)cc3)n2)C[C@@H](C)O1. The lowest BCUT2D eigenvalue weighted by atomic mass is 10.2. The van der Waals surface area contributed by atoms with Crippen LogP contribution in [0.15, 0.2) is 36.5 Å². The molecule has 1 amide bonds. The molecule has 128 valence electrons. The van der Waals surface area contributed by atoms with Crippen molar-refractivity contribution in [3.8, 4) is 5.75 Å². The van der Waals surface area contributed by atoms with E-state index in [9.17, 15) is 9.18 Å². The zero-order valence-electron chi connectivity index (χ0n) is 13.7. The van der Waals surface area contributed by atoms with Crippen molar-refractivity contribution in [2.24, 2.45) is 0 Å². The highest BCUT2D eigenvalue weighted by Gasteiger charge is 2.27. The van der Waals surface area contributed by atoms with Crippen LogP contribution in [0.3, 0.4) is 0 Å². The average Bonchev–Trinajstić information content (AvgIpc) is 3.01. The van der Waals surface area contributed by atoms with Crippen LogP contribution in [0.4, 0.5) is 4.39 Å². The van der Waals surface area contributed by atoms with Crippen molar-refractivity contribution in [2.75, 3.05) is 13.1 Å². The molecular weight excluding hydrogens is 313 g/mol. The molecule has 0 unspecified atom stereocenters. The monoisotopic (exact) mass is 333 g/mol. The van der Waals surface area contributed by atoms with Gasteiger partial charge in [-0.25, -0.2) is 9.07 Å². The molecule has 0 bridgehead atoms. The Morgan fingerprint density at radius 3 is 2.58 bits per heavy atom. The van der Waals surface area contributed by atoms with Crippen molar-refractivity contribution in [1.29, 1.82) is 0 Å². The van der Waals surface area contributed by atoms with Crippen LogP contribution < -0.4 is 4.74 Å². The molecule has 2 atom stereocenters. The summed E-state index contributed by atoms with van der Waals surface area (Å²) in [6.07, 6.45) is 1.72. The lowest BCUT2D eigenvalue weighted by Crippen LogP contribution is -2.48. The van der Waals surface area contributed by atoms with E-state index in [0.29, 0.717) is 24.5 Å². The van der Waals surface area contributed by atoms with Gasteiger partial charge >= 0.3 is 0 Å². The van der Waals surface area contributed by atoms with Crippen LogP contribution in [0, 0.1) is 5.82 Å². The van der Waals surface area contributed by atoms with Crippen LogP contribution in [-0.2, 0) is 11.5 Å². The minimum absolute atomic E-state index is 0.0154. The van der Waals surface area contributed by atoms with Gasteiger partial charge in [-0.3, -0.25) is 4.79 Å². The van der Waals surface area contributed by atoms with E-state index in [1.54, 1.807) is 29.3 Å². The van der Waals surface area contributed by atoms with Gasteiger partial charge in [0.1, 0.15) is 11.6 Å². The number of rotatable bonds is 4. The van der Waals surface area contributed by atoms with Gasteiger partial charge in [-0.05, 0) is 44.2 Å². The average molecular weight is 333 g/mol. The summed E-state index contributed by atoms with van der Waals surface area (Å²) in [5, 5.41) is 4.25. The molecule has 1 aromatic carbocycles. The van der Waals surface area contributed by atoms with Gasteiger partial charge in [0, 0.05) is 19.3 Å². The number of aromatic nitrogens is 2. The van der Waals surface area contributed by atoms with Crippen LogP contribution in [-0.4, -0.2) is 45.9 Å². The molecule has 6 nitrogen and oxygen atoms in total. The van der Waals surface area contributed by atoms with E-state index in [-0.39, 0.29) is 30.7 Å². The standard InChI is InChI=1S/C17H20FN3O3/c1-12-9-20(10-13(2)24-12)17(22)16-7-8-21(19-16)11-23-15-5-3-14(18)4-6-15/h3-8,12-13H,9-11H2,1-2H3/t12-,13-/m1/s1. The van der Waals surface area contributed by atoms with Crippen LogP contribution in [0.5, 0.6) is 5.75 Å². The predicted octanol–water partition coefficient (Wildman–Crippen LogP) is 2.31. The molecule has 1 aliphatic rings.